The van der Waals surface area contributed by atoms with Gasteiger partial charge in [0.25, 0.3) is 5.91 Å². The zero-order chi connectivity index (χ0) is 19.8. The number of rotatable bonds is 4. The van der Waals surface area contributed by atoms with Crippen LogP contribution in [0.4, 0.5) is 5.69 Å². The molecule has 0 aliphatic rings. The average Bonchev–Trinajstić information content (AvgIpc) is 3.28. The topological polar surface area (TPSA) is 66.4 Å². The third-order valence-corrected chi connectivity index (χ3v) is 6.82. The molecule has 4 nitrogen and oxygen atoms in total. The van der Waals surface area contributed by atoms with E-state index in [9.17, 15) is 14.7 Å². The number of fused-ring (bicyclic) bond motifs is 1. The zero-order valence-electron chi connectivity index (χ0n) is 15.3. The summed E-state index contributed by atoms with van der Waals surface area (Å²) in [4.78, 5) is 25.9. The van der Waals surface area contributed by atoms with Crippen LogP contribution in [0.25, 0.3) is 20.5 Å². The summed E-state index contributed by atoms with van der Waals surface area (Å²) in [5.74, 6) is -1.35. The van der Waals surface area contributed by atoms with Gasteiger partial charge in [-0.25, -0.2) is 4.79 Å². The second kappa shape index (κ2) is 7.22. The van der Waals surface area contributed by atoms with Crippen molar-refractivity contribution < 1.29 is 14.7 Å². The maximum atomic E-state index is 12.7. The molecule has 4 rings (SSSR count). The Morgan fingerprint density at radius 3 is 2.50 bits per heavy atom. The fourth-order valence-electron chi connectivity index (χ4n) is 3.04. The molecule has 0 unspecified atom stereocenters. The molecule has 0 aliphatic carbocycles. The lowest BCUT2D eigenvalue weighted by atomic mass is 10.0. The van der Waals surface area contributed by atoms with Crippen molar-refractivity contribution in [1.29, 1.82) is 0 Å². The van der Waals surface area contributed by atoms with Crippen LogP contribution in [0, 0.1) is 13.8 Å². The molecule has 0 fully saturated rings. The smallest absolute Gasteiger partial charge is 0.339 e. The summed E-state index contributed by atoms with van der Waals surface area (Å²) in [6.07, 6.45) is 0. The summed E-state index contributed by atoms with van der Waals surface area (Å²) in [6, 6.07) is 15.5. The van der Waals surface area contributed by atoms with Gasteiger partial charge in [-0.05, 0) is 48.1 Å². The molecular formula is C22H17NO3S2. The number of thiophene rings is 2. The predicted molar refractivity (Wildman–Crippen MR) is 116 cm³/mol. The number of carbonyl (C=O) groups excluding carboxylic acids is 1. The number of hydrogen-bond donors (Lipinski definition) is 2. The van der Waals surface area contributed by atoms with Crippen LogP contribution in [0.2, 0.25) is 0 Å². The van der Waals surface area contributed by atoms with Gasteiger partial charge < -0.3 is 10.4 Å². The third-order valence-electron chi connectivity index (χ3n) is 4.67. The lowest BCUT2D eigenvalue weighted by Gasteiger charge is -2.07. The number of benzene rings is 2. The molecule has 1 amide bonds. The van der Waals surface area contributed by atoms with Gasteiger partial charge >= 0.3 is 5.97 Å². The van der Waals surface area contributed by atoms with Gasteiger partial charge in [-0.3, -0.25) is 4.79 Å². The molecule has 4 aromatic rings. The van der Waals surface area contributed by atoms with Gasteiger partial charge in [0.05, 0.1) is 15.4 Å². The number of anilines is 1. The van der Waals surface area contributed by atoms with E-state index in [0.717, 1.165) is 26.8 Å². The van der Waals surface area contributed by atoms with Crippen molar-refractivity contribution in [3.8, 4) is 10.4 Å². The first-order valence-electron chi connectivity index (χ1n) is 8.66. The number of carbonyl (C=O) groups is 2. The maximum Gasteiger partial charge on any atom is 0.339 e. The molecule has 2 heterocycles. The molecule has 6 heteroatoms. The van der Waals surface area contributed by atoms with Crippen molar-refractivity contribution in [2.24, 2.45) is 0 Å². The summed E-state index contributed by atoms with van der Waals surface area (Å²) in [5.41, 5.74) is 3.54. The number of amides is 1. The first kappa shape index (κ1) is 18.4. The van der Waals surface area contributed by atoms with E-state index in [0.29, 0.717) is 15.4 Å². The molecule has 0 saturated heterocycles. The van der Waals surface area contributed by atoms with Gasteiger partial charge in [-0.15, -0.1) is 22.7 Å². The van der Waals surface area contributed by atoms with E-state index in [2.05, 4.69) is 5.32 Å². The van der Waals surface area contributed by atoms with E-state index in [1.807, 2.05) is 62.4 Å². The van der Waals surface area contributed by atoms with Crippen LogP contribution < -0.4 is 5.32 Å². The molecule has 2 aromatic carbocycles. The Morgan fingerprint density at radius 1 is 1.00 bits per heavy atom. The highest BCUT2D eigenvalue weighted by Crippen LogP contribution is 2.37. The molecule has 0 aliphatic heterocycles. The standard InChI is InChI=1S/C22H17NO3S2/c1-12-7-8-15(9-13(12)2)20-19(22(25)26)16(11-27-20)23-21(24)18-10-14-5-3-4-6-17(14)28-18/h3-11H,1-2H3,(H,23,24)(H,25,26). The van der Waals surface area contributed by atoms with Crippen LogP contribution in [0.1, 0.15) is 31.2 Å². The van der Waals surface area contributed by atoms with Crippen molar-refractivity contribution >= 4 is 50.3 Å². The molecule has 0 saturated carbocycles. The van der Waals surface area contributed by atoms with Crippen molar-refractivity contribution in [3.05, 3.63) is 75.5 Å². The minimum Gasteiger partial charge on any atom is -0.478 e. The van der Waals surface area contributed by atoms with E-state index >= 15 is 0 Å². The first-order valence-corrected chi connectivity index (χ1v) is 10.4. The van der Waals surface area contributed by atoms with Gasteiger partial charge in [0.2, 0.25) is 0 Å². The van der Waals surface area contributed by atoms with Crippen molar-refractivity contribution in [1.82, 2.24) is 0 Å². The van der Waals surface area contributed by atoms with Crippen LogP contribution in [0.5, 0.6) is 0 Å². The lowest BCUT2D eigenvalue weighted by molar-refractivity contribution is 0.0699. The summed E-state index contributed by atoms with van der Waals surface area (Å²) in [7, 11) is 0. The fourth-order valence-corrected chi connectivity index (χ4v) is 4.98. The quantitative estimate of drug-likeness (QED) is 0.423. The fraction of sp³-hybridized carbons (Fsp3) is 0.0909. The molecular weight excluding hydrogens is 390 g/mol. The Balaban J connectivity index is 1.69. The summed E-state index contributed by atoms with van der Waals surface area (Å²) < 4.78 is 1.02. The zero-order valence-corrected chi connectivity index (χ0v) is 16.9. The van der Waals surface area contributed by atoms with E-state index < -0.39 is 5.97 Å². The molecule has 2 N–H and O–H groups in total. The van der Waals surface area contributed by atoms with Crippen molar-refractivity contribution in [3.63, 3.8) is 0 Å². The first-order chi connectivity index (χ1) is 13.4. The number of hydrogen-bond acceptors (Lipinski definition) is 4. The number of carboxylic acids is 1. The Morgan fingerprint density at radius 2 is 1.79 bits per heavy atom. The van der Waals surface area contributed by atoms with Gasteiger partial charge in [-0.2, -0.15) is 0 Å². The van der Waals surface area contributed by atoms with Crippen LogP contribution >= 0.6 is 22.7 Å². The van der Waals surface area contributed by atoms with Crippen molar-refractivity contribution in [2.75, 3.05) is 5.32 Å². The molecule has 0 spiro atoms. The lowest BCUT2D eigenvalue weighted by Crippen LogP contribution is -2.12. The maximum absolute atomic E-state index is 12.7. The Kier molecular flexibility index (Phi) is 4.75. The Labute approximate surface area is 170 Å². The van der Waals surface area contributed by atoms with Gasteiger partial charge in [0.15, 0.2) is 0 Å². The normalized spacial score (nSPS) is 10.9. The largest absolute Gasteiger partial charge is 0.478 e. The highest BCUT2D eigenvalue weighted by atomic mass is 32.1. The minimum atomic E-state index is -1.05. The summed E-state index contributed by atoms with van der Waals surface area (Å²) in [5, 5.41) is 15.3. The van der Waals surface area contributed by atoms with Gasteiger partial charge in [0.1, 0.15) is 5.56 Å². The number of carboxylic acid groups (broad SMARTS) is 1. The third kappa shape index (κ3) is 3.32. The number of aryl methyl sites for hydroxylation is 2. The SMILES string of the molecule is Cc1ccc(-c2scc(NC(=O)c3cc4ccccc4s3)c2C(=O)O)cc1C. The van der Waals surface area contributed by atoms with Gasteiger partial charge in [-0.1, -0.05) is 36.4 Å². The van der Waals surface area contributed by atoms with Crippen LogP contribution in [-0.2, 0) is 0 Å². The molecule has 2 aromatic heterocycles. The average molecular weight is 408 g/mol. The highest BCUT2D eigenvalue weighted by molar-refractivity contribution is 7.21. The van der Waals surface area contributed by atoms with Crippen LogP contribution in [0.15, 0.2) is 53.9 Å². The summed E-state index contributed by atoms with van der Waals surface area (Å²) >= 11 is 2.71. The molecule has 0 radical (unpaired) electrons. The molecule has 0 atom stereocenters. The van der Waals surface area contributed by atoms with E-state index in [1.165, 1.54) is 22.7 Å². The molecule has 0 bridgehead atoms. The van der Waals surface area contributed by atoms with Gasteiger partial charge in [0, 0.05) is 10.1 Å². The van der Waals surface area contributed by atoms with E-state index in [-0.39, 0.29) is 11.5 Å². The Hall–Kier alpha value is -2.96. The highest BCUT2D eigenvalue weighted by Gasteiger charge is 2.22. The molecule has 140 valence electrons. The second-order valence-electron chi connectivity index (χ2n) is 6.56. The van der Waals surface area contributed by atoms with Crippen LogP contribution in [0.3, 0.4) is 0 Å². The minimum absolute atomic E-state index is 0.128. The number of nitrogens with one attached hydrogen (secondary N) is 1. The van der Waals surface area contributed by atoms with E-state index in [4.69, 9.17) is 0 Å². The van der Waals surface area contributed by atoms with E-state index in [1.54, 1.807) is 5.38 Å². The van der Waals surface area contributed by atoms with Crippen LogP contribution in [-0.4, -0.2) is 17.0 Å². The Bertz CT molecular complexity index is 1190. The van der Waals surface area contributed by atoms with Crippen molar-refractivity contribution in [2.45, 2.75) is 13.8 Å². The number of aromatic carboxylic acids is 1. The molecule has 28 heavy (non-hydrogen) atoms. The second-order valence-corrected chi connectivity index (χ2v) is 8.52. The summed E-state index contributed by atoms with van der Waals surface area (Å²) in [6.45, 7) is 4.01. The monoisotopic (exact) mass is 407 g/mol. The predicted octanol–water partition coefficient (Wildman–Crippen LogP) is 6.20.